The summed E-state index contributed by atoms with van der Waals surface area (Å²) in [5, 5.41) is 1.21. The largest absolute Gasteiger partial charge is 0.358 e. The number of carbonyl (C=O) groups excluding carboxylic acids is 1. The quantitative estimate of drug-likeness (QED) is 0.579. The summed E-state index contributed by atoms with van der Waals surface area (Å²) >= 11 is 1.21. The minimum absolute atomic E-state index is 0.0409. The fraction of sp³-hybridized carbons (Fsp3) is 0.286. The van der Waals surface area contributed by atoms with Crippen LogP contribution in [0.1, 0.15) is 40.0 Å². The van der Waals surface area contributed by atoms with Gasteiger partial charge in [-0.15, -0.1) is 0 Å². The Balaban J connectivity index is 1.42. The molecule has 5 nitrogen and oxygen atoms in total. The lowest BCUT2D eigenvalue weighted by molar-refractivity contribution is 0.0785. The van der Waals surface area contributed by atoms with E-state index in [1.54, 1.807) is 4.90 Å². The fourth-order valence-corrected chi connectivity index (χ4v) is 4.55. The highest BCUT2D eigenvalue weighted by molar-refractivity contribution is 7.00. The van der Waals surface area contributed by atoms with Gasteiger partial charge in [-0.1, -0.05) is 6.07 Å². The van der Waals surface area contributed by atoms with Crippen LogP contribution in [-0.2, 0) is 19.4 Å². The zero-order valence-electron chi connectivity index (χ0n) is 15.2. The van der Waals surface area contributed by atoms with E-state index < -0.39 is 0 Å². The molecule has 0 aliphatic heterocycles. The van der Waals surface area contributed by atoms with Gasteiger partial charge in [0, 0.05) is 35.8 Å². The van der Waals surface area contributed by atoms with Crippen molar-refractivity contribution in [2.75, 3.05) is 7.05 Å². The van der Waals surface area contributed by atoms with E-state index in [4.69, 9.17) is 0 Å². The monoisotopic (exact) mass is 376 g/mol. The van der Waals surface area contributed by atoms with E-state index in [0.717, 1.165) is 40.5 Å². The van der Waals surface area contributed by atoms with E-state index in [0.29, 0.717) is 6.54 Å². The Bertz CT molecular complexity index is 1160. The molecule has 0 atom stereocenters. The summed E-state index contributed by atoms with van der Waals surface area (Å²) in [4.78, 5) is 18.3. The van der Waals surface area contributed by atoms with Crippen molar-refractivity contribution >= 4 is 39.6 Å². The van der Waals surface area contributed by atoms with Gasteiger partial charge < -0.3 is 9.88 Å². The average Bonchev–Trinajstić information content (AvgIpc) is 3.30. The Labute approximate surface area is 161 Å². The van der Waals surface area contributed by atoms with E-state index in [2.05, 4.69) is 19.8 Å². The number of hydrogen-bond donors (Lipinski definition) is 1. The minimum atomic E-state index is 0.0409. The van der Waals surface area contributed by atoms with Crippen molar-refractivity contribution in [3.63, 3.8) is 0 Å². The number of nitrogens with zero attached hydrogens (tertiary/aromatic N) is 3. The van der Waals surface area contributed by atoms with Crippen molar-refractivity contribution < 1.29 is 4.79 Å². The van der Waals surface area contributed by atoms with Crippen LogP contribution in [0.5, 0.6) is 0 Å². The third-order valence-corrected chi connectivity index (χ3v) is 5.99. The third kappa shape index (κ3) is 2.90. The summed E-state index contributed by atoms with van der Waals surface area (Å²) in [5.74, 6) is 0.0409. The van der Waals surface area contributed by atoms with Crippen LogP contribution in [0.4, 0.5) is 0 Å². The fourth-order valence-electron chi connectivity index (χ4n) is 4.03. The first-order chi connectivity index (χ1) is 13.2. The molecule has 136 valence electrons. The van der Waals surface area contributed by atoms with Crippen LogP contribution in [0.15, 0.2) is 36.4 Å². The van der Waals surface area contributed by atoms with Crippen molar-refractivity contribution in [2.45, 2.75) is 32.2 Å². The standard InChI is InChI=1S/C21H20N4OS/c1-25(12-13-6-8-19-20(10-13)24-27-23-19)21(26)14-7-9-18-16(11-14)15-4-2-3-5-17(15)22-18/h6-11,22H,2-5,12H2,1H3. The molecule has 0 saturated heterocycles. The number of H-pyrrole nitrogens is 1. The lowest BCUT2D eigenvalue weighted by atomic mass is 9.95. The molecule has 2 aromatic heterocycles. The molecule has 0 saturated carbocycles. The van der Waals surface area contributed by atoms with Gasteiger partial charge in [0.15, 0.2) is 0 Å². The van der Waals surface area contributed by atoms with Crippen molar-refractivity contribution in [1.29, 1.82) is 0 Å². The molecule has 0 spiro atoms. The Morgan fingerprint density at radius 1 is 1.11 bits per heavy atom. The van der Waals surface area contributed by atoms with Crippen LogP contribution in [0.3, 0.4) is 0 Å². The summed E-state index contributed by atoms with van der Waals surface area (Å²) in [7, 11) is 1.85. The summed E-state index contributed by atoms with van der Waals surface area (Å²) in [6.07, 6.45) is 4.69. The Kier molecular flexibility index (Phi) is 3.93. The molecule has 0 fully saturated rings. The van der Waals surface area contributed by atoms with Crippen molar-refractivity contribution in [3.05, 3.63) is 58.8 Å². The molecule has 27 heavy (non-hydrogen) atoms. The van der Waals surface area contributed by atoms with Gasteiger partial charge in [0.05, 0.1) is 11.7 Å². The highest BCUT2D eigenvalue weighted by Gasteiger charge is 2.18. The van der Waals surface area contributed by atoms with Crippen molar-refractivity contribution in [3.8, 4) is 0 Å². The van der Waals surface area contributed by atoms with Crippen LogP contribution in [0.25, 0.3) is 21.9 Å². The number of aromatic nitrogens is 3. The Hall–Kier alpha value is -2.73. The number of aromatic amines is 1. The zero-order valence-corrected chi connectivity index (χ0v) is 16.0. The second-order valence-electron chi connectivity index (χ2n) is 7.30. The summed E-state index contributed by atoms with van der Waals surface area (Å²) < 4.78 is 8.51. The molecule has 1 aliphatic rings. The van der Waals surface area contributed by atoms with Crippen LogP contribution in [0.2, 0.25) is 0 Å². The molecule has 4 aromatic rings. The predicted molar refractivity (Wildman–Crippen MR) is 108 cm³/mol. The number of benzene rings is 2. The second-order valence-corrected chi connectivity index (χ2v) is 7.83. The van der Waals surface area contributed by atoms with Crippen molar-refractivity contribution in [2.24, 2.45) is 0 Å². The topological polar surface area (TPSA) is 61.9 Å². The number of nitrogens with one attached hydrogen (secondary N) is 1. The van der Waals surface area contributed by atoms with Gasteiger partial charge in [0.1, 0.15) is 11.0 Å². The molecule has 5 rings (SSSR count). The molecule has 2 aromatic carbocycles. The maximum absolute atomic E-state index is 13.0. The molecule has 0 radical (unpaired) electrons. The SMILES string of the molecule is CN(Cc1ccc2nsnc2c1)C(=O)c1ccc2[nH]c3c(c2c1)CCCC3. The molecule has 6 heteroatoms. The maximum atomic E-state index is 13.0. The number of fused-ring (bicyclic) bond motifs is 4. The first kappa shape index (κ1) is 16.4. The predicted octanol–water partition coefficient (Wildman–Crippen LogP) is 4.32. The third-order valence-electron chi connectivity index (χ3n) is 5.43. The molecule has 1 amide bonds. The first-order valence-electron chi connectivity index (χ1n) is 9.29. The maximum Gasteiger partial charge on any atom is 0.253 e. The van der Waals surface area contributed by atoms with Crippen LogP contribution >= 0.6 is 11.7 Å². The van der Waals surface area contributed by atoms with Gasteiger partial charge in [-0.25, -0.2) is 0 Å². The van der Waals surface area contributed by atoms with Gasteiger partial charge in [-0.05, 0) is 67.1 Å². The van der Waals surface area contributed by atoms with Crippen molar-refractivity contribution in [1.82, 2.24) is 18.6 Å². The van der Waals surface area contributed by atoms with E-state index >= 15 is 0 Å². The molecule has 0 unspecified atom stereocenters. The Morgan fingerprint density at radius 2 is 1.96 bits per heavy atom. The number of amides is 1. The first-order valence-corrected chi connectivity index (χ1v) is 10.0. The summed E-state index contributed by atoms with van der Waals surface area (Å²) in [6, 6.07) is 12.0. The van der Waals surface area contributed by atoms with Crippen LogP contribution < -0.4 is 0 Å². The molecule has 0 bridgehead atoms. The molecular formula is C21H20N4OS. The zero-order chi connectivity index (χ0) is 18.4. The summed E-state index contributed by atoms with van der Waals surface area (Å²) in [6.45, 7) is 0.551. The summed E-state index contributed by atoms with van der Waals surface area (Å²) in [5.41, 5.74) is 7.48. The number of carbonyl (C=O) groups is 1. The molecule has 1 aliphatic carbocycles. The van der Waals surface area contributed by atoms with Gasteiger partial charge in [-0.3, -0.25) is 4.79 Å². The Morgan fingerprint density at radius 3 is 2.89 bits per heavy atom. The van der Waals surface area contributed by atoms with Crippen LogP contribution in [-0.4, -0.2) is 31.6 Å². The van der Waals surface area contributed by atoms with Crippen LogP contribution in [0, 0.1) is 0 Å². The molecule has 1 N–H and O–H groups in total. The average molecular weight is 376 g/mol. The van der Waals surface area contributed by atoms with E-state index in [9.17, 15) is 4.79 Å². The number of rotatable bonds is 3. The van der Waals surface area contributed by atoms with E-state index in [1.165, 1.54) is 41.2 Å². The van der Waals surface area contributed by atoms with Gasteiger partial charge in [0.2, 0.25) is 0 Å². The minimum Gasteiger partial charge on any atom is -0.358 e. The molecule has 2 heterocycles. The lowest BCUT2D eigenvalue weighted by Gasteiger charge is -2.17. The smallest absolute Gasteiger partial charge is 0.253 e. The van der Waals surface area contributed by atoms with Gasteiger partial charge >= 0.3 is 0 Å². The highest BCUT2D eigenvalue weighted by atomic mass is 32.1. The normalized spacial score (nSPS) is 13.8. The number of hydrogen-bond acceptors (Lipinski definition) is 4. The lowest BCUT2D eigenvalue weighted by Crippen LogP contribution is -2.26. The second kappa shape index (κ2) is 6.46. The van der Waals surface area contributed by atoms with E-state index in [1.807, 2.05) is 37.4 Å². The van der Waals surface area contributed by atoms with Gasteiger partial charge in [-0.2, -0.15) is 8.75 Å². The van der Waals surface area contributed by atoms with E-state index in [-0.39, 0.29) is 5.91 Å². The highest BCUT2D eigenvalue weighted by Crippen LogP contribution is 2.30. The molecular weight excluding hydrogens is 356 g/mol. The van der Waals surface area contributed by atoms with Gasteiger partial charge in [0.25, 0.3) is 5.91 Å². The number of aryl methyl sites for hydroxylation is 2.